The Morgan fingerprint density at radius 1 is 1.05 bits per heavy atom. The molecule has 0 aliphatic carbocycles. The second-order valence-corrected chi connectivity index (χ2v) is 11.0. The highest BCUT2D eigenvalue weighted by Crippen LogP contribution is 2.33. The number of thioether (sulfide) groups is 1. The van der Waals surface area contributed by atoms with Crippen LogP contribution in [0.3, 0.4) is 0 Å². The van der Waals surface area contributed by atoms with E-state index >= 15 is 0 Å². The fraction of sp³-hybridized carbons (Fsp3) is 0.118. The number of aromatic nitrogens is 2. The zero-order chi connectivity index (χ0) is 30.0. The molecule has 0 fully saturated rings. The molecule has 0 bridgehead atoms. The molecule has 6 nitrogen and oxygen atoms in total. The van der Waals surface area contributed by atoms with Crippen LogP contribution < -0.4 is 15.4 Å². The van der Waals surface area contributed by atoms with E-state index < -0.39 is 0 Å². The Bertz CT molecular complexity index is 1770. The van der Waals surface area contributed by atoms with Gasteiger partial charge in [0.25, 0.3) is 0 Å². The van der Waals surface area contributed by atoms with Gasteiger partial charge in [0.15, 0.2) is 0 Å². The monoisotopic (exact) mass is 612 g/mol. The molecule has 2 aromatic heterocycles. The zero-order valence-electron chi connectivity index (χ0n) is 23.4. The highest BCUT2D eigenvalue weighted by Gasteiger charge is 2.11. The number of halogens is 2. The van der Waals surface area contributed by atoms with Gasteiger partial charge in [-0.1, -0.05) is 49.0 Å². The van der Waals surface area contributed by atoms with Crippen molar-refractivity contribution in [3.63, 3.8) is 0 Å². The third-order valence-electron chi connectivity index (χ3n) is 6.39. The normalized spacial score (nSPS) is 11.4. The molecule has 0 saturated carbocycles. The van der Waals surface area contributed by atoms with E-state index in [1.54, 1.807) is 42.1 Å². The van der Waals surface area contributed by atoms with E-state index in [9.17, 15) is 4.39 Å². The van der Waals surface area contributed by atoms with Crippen LogP contribution >= 0.6 is 23.4 Å². The Labute approximate surface area is 259 Å². The summed E-state index contributed by atoms with van der Waals surface area (Å²) in [7, 11) is 0. The Balaban J connectivity index is 1.23. The van der Waals surface area contributed by atoms with Crippen molar-refractivity contribution < 1.29 is 13.5 Å². The van der Waals surface area contributed by atoms with Crippen LogP contribution in [-0.2, 0) is 13.2 Å². The molecule has 3 aromatic carbocycles. The number of nitrogens with zero attached hydrogens (tertiary/aromatic N) is 2. The largest absolute Gasteiger partial charge is 0.487 e. The number of allylic oxidation sites excluding steroid dienone is 3. The van der Waals surface area contributed by atoms with Crippen LogP contribution in [0, 0.1) is 5.82 Å². The van der Waals surface area contributed by atoms with Gasteiger partial charge in [-0.3, -0.25) is 0 Å². The number of furan rings is 1. The molecular weight excluding hydrogens is 583 g/mol. The summed E-state index contributed by atoms with van der Waals surface area (Å²) in [5.41, 5.74) is 3.16. The molecule has 0 saturated heterocycles. The minimum Gasteiger partial charge on any atom is -0.487 e. The summed E-state index contributed by atoms with van der Waals surface area (Å²) in [5.74, 6) is 3.34. The Morgan fingerprint density at radius 3 is 2.77 bits per heavy atom. The number of fused-ring (bicyclic) bond motifs is 1. The molecule has 2 heterocycles. The van der Waals surface area contributed by atoms with E-state index in [-0.39, 0.29) is 12.4 Å². The zero-order valence-corrected chi connectivity index (χ0v) is 24.9. The van der Waals surface area contributed by atoms with Gasteiger partial charge in [0, 0.05) is 33.8 Å². The lowest BCUT2D eigenvalue weighted by molar-refractivity contribution is 0.306. The number of ether oxygens (including phenoxy) is 1. The van der Waals surface area contributed by atoms with Crippen molar-refractivity contribution in [2.24, 2.45) is 0 Å². The van der Waals surface area contributed by atoms with Gasteiger partial charge >= 0.3 is 0 Å². The number of rotatable bonds is 14. The fourth-order valence-electron chi connectivity index (χ4n) is 4.30. The lowest BCUT2D eigenvalue weighted by atomic mass is 10.1. The lowest BCUT2D eigenvalue weighted by Gasteiger charge is -2.12. The molecule has 218 valence electrons. The molecule has 0 atom stereocenters. The minimum atomic E-state index is -0.308. The first-order valence-corrected chi connectivity index (χ1v) is 14.9. The van der Waals surface area contributed by atoms with Crippen LogP contribution in [-0.4, -0.2) is 22.3 Å². The molecule has 0 unspecified atom stereocenters. The summed E-state index contributed by atoms with van der Waals surface area (Å²) in [5, 5.41) is 8.01. The summed E-state index contributed by atoms with van der Waals surface area (Å²) < 4.78 is 25.4. The van der Waals surface area contributed by atoms with E-state index in [4.69, 9.17) is 20.8 Å². The minimum absolute atomic E-state index is 0.206. The quantitative estimate of drug-likeness (QED) is 0.0957. The maximum Gasteiger partial charge on any atom is 0.141 e. The predicted molar refractivity (Wildman–Crippen MR) is 175 cm³/mol. The first kappa shape index (κ1) is 30.1. The van der Waals surface area contributed by atoms with Gasteiger partial charge in [-0.15, -0.1) is 11.8 Å². The maximum atomic E-state index is 13.5. The van der Waals surface area contributed by atoms with Crippen molar-refractivity contribution in [3.8, 4) is 17.1 Å². The summed E-state index contributed by atoms with van der Waals surface area (Å²) in [6, 6.07) is 21.5. The van der Waals surface area contributed by atoms with Crippen LogP contribution in [0.25, 0.3) is 22.2 Å². The van der Waals surface area contributed by atoms with Gasteiger partial charge < -0.3 is 19.8 Å². The number of nitrogens with one attached hydrogen (secondary N) is 2. The van der Waals surface area contributed by atoms with Gasteiger partial charge in [-0.2, -0.15) is 0 Å². The van der Waals surface area contributed by atoms with Crippen molar-refractivity contribution in [1.29, 1.82) is 0 Å². The second kappa shape index (κ2) is 14.7. The molecule has 9 heteroatoms. The summed E-state index contributed by atoms with van der Waals surface area (Å²) in [6.07, 6.45) is 7.06. The van der Waals surface area contributed by atoms with E-state index in [1.807, 2.05) is 48.6 Å². The highest BCUT2D eigenvalue weighted by molar-refractivity contribution is 8.03. The van der Waals surface area contributed by atoms with Gasteiger partial charge in [-0.05, 0) is 72.3 Å². The third-order valence-corrected chi connectivity index (χ3v) is 7.73. The summed E-state index contributed by atoms with van der Waals surface area (Å²) in [4.78, 5) is 9.99. The van der Waals surface area contributed by atoms with Crippen molar-refractivity contribution in [1.82, 2.24) is 15.3 Å². The molecule has 43 heavy (non-hydrogen) atoms. The Hall–Kier alpha value is -4.37. The standard InChI is InChI=1S/C34H30ClFN4O2S/c1-3-6-28(4-2)43-16-15-37-20-27-11-14-32(42-27)24-9-12-31-29(18-24)34(39-22-38-31)40-26-10-13-33(30(35)19-26)41-21-23-7-5-8-25(36)17-23/h3-14,17-19,22,37H,1-2,15-16,20-21H2,(H,38,39,40)/b28-6+. The number of anilines is 2. The number of hydrogen-bond acceptors (Lipinski definition) is 7. The van der Waals surface area contributed by atoms with Crippen LogP contribution in [0.1, 0.15) is 11.3 Å². The van der Waals surface area contributed by atoms with Gasteiger partial charge in [-0.25, -0.2) is 14.4 Å². The average molecular weight is 613 g/mol. The topological polar surface area (TPSA) is 72.2 Å². The van der Waals surface area contributed by atoms with E-state index in [0.29, 0.717) is 23.1 Å². The first-order valence-electron chi connectivity index (χ1n) is 13.6. The van der Waals surface area contributed by atoms with E-state index in [1.165, 1.54) is 18.5 Å². The fourth-order valence-corrected chi connectivity index (χ4v) is 5.33. The smallest absolute Gasteiger partial charge is 0.141 e. The maximum absolute atomic E-state index is 13.5. The lowest BCUT2D eigenvalue weighted by Crippen LogP contribution is -2.16. The molecule has 0 aliphatic heterocycles. The number of benzene rings is 3. The Kier molecular flexibility index (Phi) is 10.3. The molecule has 0 radical (unpaired) electrons. The van der Waals surface area contributed by atoms with Crippen molar-refractivity contribution in [3.05, 3.63) is 138 Å². The van der Waals surface area contributed by atoms with Gasteiger partial charge in [0.05, 0.1) is 17.1 Å². The Morgan fingerprint density at radius 2 is 1.95 bits per heavy atom. The van der Waals surface area contributed by atoms with Crippen molar-refractivity contribution in [2.45, 2.75) is 13.2 Å². The van der Waals surface area contributed by atoms with Crippen molar-refractivity contribution >= 4 is 45.8 Å². The predicted octanol–water partition coefficient (Wildman–Crippen LogP) is 9.08. The van der Waals surface area contributed by atoms with Crippen LogP contribution in [0.2, 0.25) is 5.02 Å². The summed E-state index contributed by atoms with van der Waals surface area (Å²) in [6.45, 7) is 9.21. The second-order valence-electron chi connectivity index (χ2n) is 9.44. The highest BCUT2D eigenvalue weighted by atomic mass is 35.5. The van der Waals surface area contributed by atoms with E-state index in [0.717, 1.165) is 56.4 Å². The van der Waals surface area contributed by atoms with Crippen molar-refractivity contribution in [2.75, 3.05) is 17.6 Å². The molecule has 0 aliphatic rings. The van der Waals surface area contributed by atoms with Crippen LogP contribution in [0.15, 0.2) is 120 Å². The van der Waals surface area contributed by atoms with Gasteiger partial charge in [0.2, 0.25) is 0 Å². The molecule has 0 amide bonds. The SMILES string of the molecule is C=C/C=C(\C=C)SCCNCc1ccc(-c2ccc3ncnc(Nc4ccc(OCc5cccc(F)c5)c(Cl)c4)c3c2)o1. The summed E-state index contributed by atoms with van der Waals surface area (Å²) >= 11 is 8.23. The average Bonchev–Trinajstić information content (AvgIpc) is 3.49. The van der Waals surface area contributed by atoms with E-state index in [2.05, 4.69) is 33.8 Å². The van der Waals surface area contributed by atoms with Crippen LogP contribution in [0.4, 0.5) is 15.9 Å². The molecule has 2 N–H and O–H groups in total. The number of hydrogen-bond donors (Lipinski definition) is 2. The molecule has 0 spiro atoms. The third kappa shape index (κ3) is 8.14. The molecule has 5 aromatic rings. The van der Waals surface area contributed by atoms with Crippen LogP contribution in [0.5, 0.6) is 5.75 Å². The molecular formula is C34H30ClFN4O2S. The molecule has 5 rings (SSSR count). The van der Waals surface area contributed by atoms with Gasteiger partial charge in [0.1, 0.15) is 41.8 Å². The first-order chi connectivity index (χ1) is 21.0.